The predicted octanol–water partition coefficient (Wildman–Crippen LogP) is 4.80. The van der Waals surface area contributed by atoms with Gasteiger partial charge in [-0.15, -0.1) is 35.4 Å². The van der Waals surface area contributed by atoms with Gasteiger partial charge in [0.15, 0.2) is 0 Å². The molecule has 0 amide bonds. The van der Waals surface area contributed by atoms with E-state index in [1.54, 1.807) is 49.1 Å². The molecular formula is C26H20N4Pt. The summed E-state index contributed by atoms with van der Waals surface area (Å²) >= 11 is 0. The molecule has 0 aliphatic heterocycles. The Balaban J connectivity index is 0.000000245. The van der Waals surface area contributed by atoms with Crippen LogP contribution in [0.1, 0.15) is 22.3 Å². The van der Waals surface area contributed by atoms with Crippen molar-refractivity contribution in [3.05, 3.63) is 121 Å². The molecule has 0 N–H and O–H groups in total. The van der Waals surface area contributed by atoms with Gasteiger partial charge in [0.2, 0.25) is 0 Å². The largest absolute Gasteiger partial charge is 2.00 e. The first kappa shape index (κ1) is 25.4. The zero-order chi connectivity index (χ0) is 21.6. The molecule has 4 nitrogen and oxygen atoms in total. The Morgan fingerprint density at radius 3 is 1.16 bits per heavy atom. The molecule has 4 heterocycles. The summed E-state index contributed by atoms with van der Waals surface area (Å²) in [4.78, 5) is 16.2. The third-order valence-electron chi connectivity index (χ3n) is 3.73. The van der Waals surface area contributed by atoms with E-state index in [2.05, 4.69) is 31.8 Å². The molecule has 0 bridgehead atoms. The molecule has 0 saturated heterocycles. The first-order valence-electron chi connectivity index (χ1n) is 9.13. The van der Waals surface area contributed by atoms with E-state index in [1.807, 2.05) is 50.5 Å². The zero-order valence-electron chi connectivity index (χ0n) is 17.2. The fourth-order valence-corrected chi connectivity index (χ4v) is 2.11. The maximum Gasteiger partial charge on any atom is 2.00 e. The van der Waals surface area contributed by atoms with Crippen LogP contribution in [-0.4, -0.2) is 19.9 Å². The molecule has 0 radical (unpaired) electrons. The Morgan fingerprint density at radius 1 is 0.581 bits per heavy atom. The molecule has 5 heteroatoms. The van der Waals surface area contributed by atoms with Gasteiger partial charge in [-0.3, -0.25) is 31.8 Å². The fraction of sp³-hybridized carbons (Fsp3) is 0.0769. The van der Waals surface area contributed by atoms with E-state index in [0.717, 1.165) is 22.5 Å². The van der Waals surface area contributed by atoms with E-state index in [-0.39, 0.29) is 21.1 Å². The molecular weight excluding hydrogens is 563 g/mol. The fourth-order valence-electron chi connectivity index (χ4n) is 2.11. The first-order valence-corrected chi connectivity index (χ1v) is 9.13. The predicted molar refractivity (Wildman–Crippen MR) is 118 cm³/mol. The van der Waals surface area contributed by atoms with Crippen LogP contribution in [0.25, 0.3) is 11.4 Å². The minimum Gasteiger partial charge on any atom is -0.366 e. The van der Waals surface area contributed by atoms with Gasteiger partial charge >= 0.3 is 21.1 Å². The Morgan fingerprint density at radius 2 is 0.935 bits per heavy atom. The Kier molecular flexibility index (Phi) is 11.8. The molecule has 0 aliphatic rings. The maximum absolute atomic E-state index is 6.67. The second-order valence-corrected chi connectivity index (χ2v) is 6.16. The van der Waals surface area contributed by atoms with Crippen molar-refractivity contribution in [1.29, 1.82) is 0 Å². The average Bonchev–Trinajstić information content (AvgIpc) is 2.82. The molecule has 31 heavy (non-hydrogen) atoms. The summed E-state index contributed by atoms with van der Waals surface area (Å²) in [6.07, 6.45) is 23.6. The normalized spacial score (nSPS) is 8.65. The van der Waals surface area contributed by atoms with Gasteiger partial charge in [0.25, 0.3) is 0 Å². The molecule has 4 rings (SSSR count). The number of hydrogen-bond donors (Lipinski definition) is 0. The Labute approximate surface area is 198 Å². The third-order valence-corrected chi connectivity index (χ3v) is 3.73. The van der Waals surface area contributed by atoms with Crippen LogP contribution in [-0.2, 0) is 21.1 Å². The van der Waals surface area contributed by atoms with Gasteiger partial charge in [-0.05, 0) is 37.1 Å². The molecule has 4 aromatic heterocycles. The van der Waals surface area contributed by atoms with Crippen molar-refractivity contribution < 1.29 is 21.1 Å². The minimum absolute atomic E-state index is 0. The van der Waals surface area contributed by atoms with Crippen molar-refractivity contribution in [3.8, 4) is 23.2 Å². The Hall–Kier alpha value is -3.59. The van der Waals surface area contributed by atoms with E-state index in [9.17, 15) is 0 Å². The number of aryl methyl sites for hydroxylation is 2. The minimum atomic E-state index is 0. The van der Waals surface area contributed by atoms with Crippen molar-refractivity contribution in [2.75, 3.05) is 0 Å². The van der Waals surface area contributed by atoms with Crippen LogP contribution in [0.4, 0.5) is 0 Å². The second kappa shape index (κ2) is 14.4. The molecule has 0 aromatic carbocycles. The van der Waals surface area contributed by atoms with E-state index in [0.29, 0.717) is 0 Å². The summed E-state index contributed by atoms with van der Waals surface area (Å²) in [5.41, 5.74) is 5.72. The molecule has 0 atom stereocenters. The van der Waals surface area contributed by atoms with Crippen molar-refractivity contribution >= 4 is 0 Å². The van der Waals surface area contributed by atoms with Crippen LogP contribution in [0.5, 0.6) is 0 Å². The first-order chi connectivity index (χ1) is 14.6. The van der Waals surface area contributed by atoms with Gasteiger partial charge < -0.3 is 12.8 Å². The molecule has 0 fully saturated rings. The van der Waals surface area contributed by atoms with E-state index < -0.39 is 0 Å². The van der Waals surface area contributed by atoms with Crippen LogP contribution in [0.3, 0.4) is 0 Å². The summed E-state index contributed by atoms with van der Waals surface area (Å²) in [6, 6.07) is 15.0. The third kappa shape index (κ3) is 9.64. The zero-order valence-corrected chi connectivity index (χ0v) is 19.5. The van der Waals surface area contributed by atoms with Gasteiger partial charge in [0.1, 0.15) is 0 Å². The van der Waals surface area contributed by atoms with Crippen LogP contribution in [0.2, 0.25) is 0 Å². The average molecular weight is 584 g/mol. The van der Waals surface area contributed by atoms with Gasteiger partial charge in [-0.25, -0.2) is 0 Å². The number of nitrogens with zero attached hydrogens (tertiary/aromatic N) is 4. The summed E-state index contributed by atoms with van der Waals surface area (Å²) < 4.78 is 0. The molecule has 154 valence electrons. The number of rotatable bonds is 1. The van der Waals surface area contributed by atoms with Crippen molar-refractivity contribution in [3.63, 3.8) is 0 Å². The number of hydrogen-bond acceptors (Lipinski definition) is 4. The topological polar surface area (TPSA) is 51.6 Å². The number of pyridine rings is 4. The smallest absolute Gasteiger partial charge is 0.366 e. The summed E-state index contributed by atoms with van der Waals surface area (Å²) in [5.74, 6) is 4.47. The maximum atomic E-state index is 6.67. The van der Waals surface area contributed by atoms with Crippen molar-refractivity contribution in [1.82, 2.24) is 19.9 Å². The van der Waals surface area contributed by atoms with Gasteiger partial charge in [-0.2, -0.15) is 0 Å². The molecule has 4 aromatic rings. The standard InChI is InChI=1S/C12H12N2.2C7H4N.Pt/c1-9-3-5-11(13-7-9)12-6-4-10(2)8-14-12;2*1-2-7-3-5-8-6-4-7;/h3-8H,1-2H3;2*3-6H;/q;2*-1;+2. The second-order valence-electron chi connectivity index (χ2n) is 6.16. The Bertz CT molecular complexity index is 1000. The molecule has 0 aliphatic carbocycles. The molecule has 0 unspecified atom stereocenters. The summed E-state index contributed by atoms with van der Waals surface area (Å²) in [6.45, 7) is 4.05. The van der Waals surface area contributed by atoms with Crippen LogP contribution >= 0.6 is 0 Å². The van der Waals surface area contributed by atoms with Gasteiger partial charge in [0.05, 0.1) is 11.4 Å². The van der Waals surface area contributed by atoms with Gasteiger partial charge in [0, 0.05) is 37.2 Å². The van der Waals surface area contributed by atoms with Crippen LogP contribution in [0, 0.1) is 38.5 Å². The van der Waals surface area contributed by atoms with E-state index >= 15 is 0 Å². The molecule has 0 spiro atoms. The van der Waals surface area contributed by atoms with Crippen LogP contribution in [0.15, 0.2) is 85.7 Å². The van der Waals surface area contributed by atoms with Gasteiger partial charge in [-0.1, -0.05) is 12.1 Å². The van der Waals surface area contributed by atoms with Crippen molar-refractivity contribution in [2.24, 2.45) is 0 Å². The molecule has 0 saturated carbocycles. The number of aromatic nitrogens is 4. The quantitative estimate of drug-likeness (QED) is 0.239. The summed E-state index contributed by atoms with van der Waals surface area (Å²) in [7, 11) is 0. The SMILES string of the molecule is Cc1ccc(-c2ccc(C)cn2)nc1.[C-]#Cc1ccncc1.[C-]#Cc1ccncc1.[Pt+2]. The van der Waals surface area contributed by atoms with E-state index in [1.165, 1.54) is 11.1 Å². The summed E-state index contributed by atoms with van der Waals surface area (Å²) in [5, 5.41) is 0. The monoisotopic (exact) mass is 583 g/mol. The van der Waals surface area contributed by atoms with Crippen molar-refractivity contribution in [2.45, 2.75) is 13.8 Å². The van der Waals surface area contributed by atoms with E-state index in [4.69, 9.17) is 12.8 Å². The van der Waals surface area contributed by atoms with Crippen LogP contribution < -0.4 is 0 Å².